The monoisotopic (exact) mass is 231 g/mol. The van der Waals surface area contributed by atoms with E-state index in [-0.39, 0.29) is 5.82 Å². The summed E-state index contributed by atoms with van der Waals surface area (Å²) in [6.45, 7) is 4.29. The van der Waals surface area contributed by atoms with E-state index in [1.807, 2.05) is 6.07 Å². The van der Waals surface area contributed by atoms with E-state index < -0.39 is 0 Å². The smallest absolute Gasteiger partial charge is 0.132 e. The molecule has 1 aromatic heterocycles. The Morgan fingerprint density at radius 1 is 1.06 bits per heavy atom. The van der Waals surface area contributed by atoms with Crippen LogP contribution in [0.4, 0.5) is 4.39 Å². The van der Waals surface area contributed by atoms with Crippen molar-refractivity contribution in [2.45, 2.75) is 39.5 Å². The van der Waals surface area contributed by atoms with Crippen LogP contribution in [0.2, 0.25) is 0 Å². The maximum atomic E-state index is 13.7. The summed E-state index contributed by atoms with van der Waals surface area (Å²) in [5.74, 6) is -0.171. The molecular weight excluding hydrogens is 213 g/mol. The van der Waals surface area contributed by atoms with Gasteiger partial charge in [0.15, 0.2) is 0 Å². The number of aromatic nitrogens is 1. The molecule has 0 aliphatic rings. The standard InChI is InChI=1S/C15H18FN/c1-3-6-12-11-8-5-9-14(16)13(11)10-17-15(12)7-4-2/h5,8-10H,3-4,6-7H2,1-2H3. The van der Waals surface area contributed by atoms with Gasteiger partial charge in [-0.25, -0.2) is 4.39 Å². The van der Waals surface area contributed by atoms with Crippen LogP contribution in [0.5, 0.6) is 0 Å². The SMILES string of the molecule is CCCc1ncc2c(F)cccc2c1CCC. The molecule has 90 valence electrons. The third kappa shape index (κ3) is 2.31. The van der Waals surface area contributed by atoms with Crippen molar-refractivity contribution < 1.29 is 4.39 Å². The molecule has 2 aromatic rings. The molecule has 0 aliphatic carbocycles. The Morgan fingerprint density at radius 2 is 1.82 bits per heavy atom. The van der Waals surface area contributed by atoms with E-state index >= 15 is 0 Å². The molecule has 2 heteroatoms. The van der Waals surface area contributed by atoms with Crippen LogP contribution < -0.4 is 0 Å². The van der Waals surface area contributed by atoms with Gasteiger partial charge in [0.05, 0.1) is 0 Å². The largest absolute Gasteiger partial charge is 0.260 e. The van der Waals surface area contributed by atoms with Gasteiger partial charge in [0, 0.05) is 17.3 Å². The maximum Gasteiger partial charge on any atom is 0.132 e. The first-order valence-electron chi connectivity index (χ1n) is 6.32. The molecular formula is C15H18FN. The summed E-state index contributed by atoms with van der Waals surface area (Å²) in [6.07, 6.45) is 5.76. The molecule has 1 heterocycles. The summed E-state index contributed by atoms with van der Waals surface area (Å²) in [5, 5.41) is 1.68. The Kier molecular flexibility index (Phi) is 3.72. The Labute approximate surface area is 102 Å². The van der Waals surface area contributed by atoms with Crippen LogP contribution in [0, 0.1) is 5.82 Å². The Morgan fingerprint density at radius 3 is 2.53 bits per heavy atom. The topological polar surface area (TPSA) is 12.9 Å². The first kappa shape index (κ1) is 12.0. The van der Waals surface area contributed by atoms with Crippen LogP contribution in [-0.4, -0.2) is 4.98 Å². The zero-order valence-corrected chi connectivity index (χ0v) is 10.5. The molecule has 17 heavy (non-hydrogen) atoms. The van der Waals surface area contributed by atoms with Crippen LogP contribution >= 0.6 is 0 Å². The number of aryl methyl sites for hydroxylation is 2. The van der Waals surface area contributed by atoms with Gasteiger partial charge in [-0.2, -0.15) is 0 Å². The molecule has 0 spiro atoms. The molecule has 1 aromatic carbocycles. The second-order valence-corrected chi connectivity index (χ2v) is 4.38. The number of hydrogen-bond acceptors (Lipinski definition) is 1. The number of fused-ring (bicyclic) bond motifs is 1. The van der Waals surface area contributed by atoms with Crippen molar-refractivity contribution in [1.82, 2.24) is 4.98 Å². The highest BCUT2D eigenvalue weighted by Gasteiger charge is 2.10. The molecule has 1 nitrogen and oxygen atoms in total. The van der Waals surface area contributed by atoms with Crippen LogP contribution in [0.15, 0.2) is 24.4 Å². The van der Waals surface area contributed by atoms with Crippen LogP contribution in [0.3, 0.4) is 0 Å². The van der Waals surface area contributed by atoms with Gasteiger partial charge in [-0.05, 0) is 29.9 Å². The third-order valence-corrected chi connectivity index (χ3v) is 3.06. The lowest BCUT2D eigenvalue weighted by atomic mass is 9.98. The maximum absolute atomic E-state index is 13.7. The lowest BCUT2D eigenvalue weighted by Crippen LogP contribution is -2.00. The van der Waals surface area contributed by atoms with Gasteiger partial charge in [-0.3, -0.25) is 4.98 Å². The van der Waals surface area contributed by atoms with E-state index in [1.165, 1.54) is 11.6 Å². The number of pyridine rings is 1. The minimum atomic E-state index is -0.171. The van der Waals surface area contributed by atoms with Gasteiger partial charge in [0.1, 0.15) is 5.82 Å². The first-order valence-corrected chi connectivity index (χ1v) is 6.32. The van der Waals surface area contributed by atoms with E-state index in [9.17, 15) is 4.39 Å². The highest BCUT2D eigenvalue weighted by molar-refractivity contribution is 5.86. The quantitative estimate of drug-likeness (QED) is 0.765. The molecule has 0 bridgehead atoms. The van der Waals surface area contributed by atoms with E-state index in [4.69, 9.17) is 0 Å². The van der Waals surface area contributed by atoms with Crippen molar-refractivity contribution in [1.29, 1.82) is 0 Å². The summed E-state index contributed by atoms with van der Waals surface area (Å²) in [7, 11) is 0. The number of halogens is 1. The molecule has 0 saturated heterocycles. The van der Waals surface area contributed by atoms with Gasteiger partial charge in [0.2, 0.25) is 0 Å². The Balaban J connectivity index is 2.65. The molecule has 0 saturated carbocycles. The molecule has 0 atom stereocenters. The zero-order valence-electron chi connectivity index (χ0n) is 10.5. The van der Waals surface area contributed by atoms with Crippen molar-refractivity contribution in [3.8, 4) is 0 Å². The fourth-order valence-corrected chi connectivity index (χ4v) is 2.29. The number of benzene rings is 1. The number of hydrogen-bond donors (Lipinski definition) is 0. The summed E-state index contributed by atoms with van der Waals surface area (Å²) < 4.78 is 13.7. The molecule has 0 fully saturated rings. The van der Waals surface area contributed by atoms with Gasteiger partial charge in [0.25, 0.3) is 0 Å². The number of nitrogens with zero attached hydrogens (tertiary/aromatic N) is 1. The molecule has 0 amide bonds. The van der Waals surface area contributed by atoms with Crippen molar-refractivity contribution in [3.05, 3.63) is 41.5 Å². The van der Waals surface area contributed by atoms with Crippen LogP contribution in [0.25, 0.3) is 10.8 Å². The van der Waals surface area contributed by atoms with E-state index in [0.29, 0.717) is 5.39 Å². The summed E-state index contributed by atoms with van der Waals surface area (Å²) in [6, 6.07) is 5.29. The highest BCUT2D eigenvalue weighted by atomic mass is 19.1. The van der Waals surface area contributed by atoms with E-state index in [0.717, 1.165) is 36.8 Å². The molecule has 0 unspecified atom stereocenters. The van der Waals surface area contributed by atoms with Gasteiger partial charge in [-0.15, -0.1) is 0 Å². The summed E-state index contributed by atoms with van der Waals surface area (Å²) >= 11 is 0. The predicted molar refractivity (Wildman–Crippen MR) is 69.7 cm³/mol. The fraction of sp³-hybridized carbons (Fsp3) is 0.400. The lowest BCUT2D eigenvalue weighted by molar-refractivity contribution is 0.639. The molecule has 0 N–H and O–H groups in total. The number of rotatable bonds is 4. The Hall–Kier alpha value is -1.44. The van der Waals surface area contributed by atoms with Crippen molar-refractivity contribution in [2.24, 2.45) is 0 Å². The van der Waals surface area contributed by atoms with E-state index in [2.05, 4.69) is 18.8 Å². The summed E-state index contributed by atoms with van der Waals surface area (Å²) in [5.41, 5.74) is 2.36. The minimum absolute atomic E-state index is 0.171. The van der Waals surface area contributed by atoms with Gasteiger partial charge >= 0.3 is 0 Å². The Bertz CT molecular complexity index is 520. The second-order valence-electron chi connectivity index (χ2n) is 4.38. The zero-order chi connectivity index (χ0) is 12.3. The van der Waals surface area contributed by atoms with Gasteiger partial charge < -0.3 is 0 Å². The highest BCUT2D eigenvalue weighted by Crippen LogP contribution is 2.24. The van der Waals surface area contributed by atoms with Crippen molar-refractivity contribution in [2.75, 3.05) is 0 Å². The normalized spacial score (nSPS) is 11.0. The average Bonchev–Trinajstić information content (AvgIpc) is 2.33. The average molecular weight is 231 g/mol. The van der Waals surface area contributed by atoms with Crippen molar-refractivity contribution >= 4 is 10.8 Å². The fourth-order valence-electron chi connectivity index (χ4n) is 2.29. The van der Waals surface area contributed by atoms with Crippen molar-refractivity contribution in [3.63, 3.8) is 0 Å². The molecule has 0 aliphatic heterocycles. The van der Waals surface area contributed by atoms with Crippen LogP contribution in [0.1, 0.15) is 37.9 Å². The van der Waals surface area contributed by atoms with Crippen LogP contribution in [-0.2, 0) is 12.8 Å². The van der Waals surface area contributed by atoms with E-state index in [1.54, 1.807) is 12.3 Å². The predicted octanol–water partition coefficient (Wildman–Crippen LogP) is 4.28. The second kappa shape index (κ2) is 5.26. The minimum Gasteiger partial charge on any atom is -0.260 e. The molecule has 2 rings (SSSR count). The lowest BCUT2D eigenvalue weighted by Gasteiger charge is -2.11. The third-order valence-electron chi connectivity index (χ3n) is 3.06. The molecule has 0 radical (unpaired) electrons. The summed E-state index contributed by atoms with van der Waals surface area (Å²) in [4.78, 5) is 4.44. The van der Waals surface area contributed by atoms with Gasteiger partial charge in [-0.1, -0.05) is 38.8 Å². The first-order chi connectivity index (χ1) is 8.27.